The Bertz CT molecular complexity index is 778. The molecule has 1 aliphatic rings. The molecule has 0 aliphatic carbocycles. The molecule has 6 heteroatoms. The molecular formula is C17H17F2NO2S. The highest BCUT2D eigenvalue weighted by atomic mass is 32.2. The van der Waals surface area contributed by atoms with Gasteiger partial charge in [0.05, 0.1) is 10.6 Å². The minimum absolute atomic E-state index is 0.276. The Hall–Kier alpha value is -1.95. The van der Waals surface area contributed by atoms with E-state index in [1.54, 1.807) is 12.1 Å². The van der Waals surface area contributed by atoms with E-state index in [0.29, 0.717) is 18.8 Å². The summed E-state index contributed by atoms with van der Waals surface area (Å²) in [6.07, 6.45) is 0.868. The molecule has 0 saturated carbocycles. The molecule has 2 aromatic rings. The molecule has 1 aliphatic heterocycles. The number of halogens is 2. The van der Waals surface area contributed by atoms with Crippen LogP contribution in [-0.4, -0.2) is 27.3 Å². The van der Waals surface area contributed by atoms with Gasteiger partial charge in [-0.15, -0.1) is 0 Å². The van der Waals surface area contributed by atoms with Gasteiger partial charge in [0, 0.05) is 19.0 Å². The van der Waals surface area contributed by atoms with Gasteiger partial charge in [-0.05, 0) is 24.1 Å². The maximum atomic E-state index is 12.9. The highest BCUT2D eigenvalue weighted by molar-refractivity contribution is 7.91. The summed E-state index contributed by atoms with van der Waals surface area (Å²) in [5.74, 6) is -3.13. The van der Waals surface area contributed by atoms with Crippen LogP contribution in [0.25, 0.3) is 0 Å². The Labute approximate surface area is 134 Å². The molecule has 1 fully saturated rings. The molecule has 2 aromatic carbocycles. The second-order valence-electron chi connectivity index (χ2n) is 5.62. The van der Waals surface area contributed by atoms with Crippen LogP contribution in [0.4, 0.5) is 14.5 Å². The second-order valence-corrected chi connectivity index (χ2v) is 7.50. The van der Waals surface area contributed by atoms with E-state index in [1.165, 1.54) is 17.7 Å². The van der Waals surface area contributed by atoms with Gasteiger partial charge in [-0.25, -0.2) is 8.42 Å². The van der Waals surface area contributed by atoms with Crippen molar-refractivity contribution in [3.63, 3.8) is 0 Å². The molecule has 0 N–H and O–H groups in total. The van der Waals surface area contributed by atoms with E-state index >= 15 is 0 Å². The number of para-hydroxylation sites is 1. The monoisotopic (exact) mass is 337 g/mol. The van der Waals surface area contributed by atoms with Crippen molar-refractivity contribution in [2.45, 2.75) is 23.0 Å². The SMILES string of the molecule is O=S(=O)(c1ccccc1N1CCC(c2ccccc2)C1)C(F)F. The molecule has 0 radical (unpaired) electrons. The second kappa shape index (κ2) is 6.28. The number of benzene rings is 2. The van der Waals surface area contributed by atoms with Gasteiger partial charge in [0.25, 0.3) is 0 Å². The molecule has 23 heavy (non-hydrogen) atoms. The number of hydrogen-bond acceptors (Lipinski definition) is 3. The largest absolute Gasteiger partial charge is 0.370 e. The quantitative estimate of drug-likeness (QED) is 0.854. The first kappa shape index (κ1) is 15.9. The van der Waals surface area contributed by atoms with Gasteiger partial charge in [-0.3, -0.25) is 0 Å². The van der Waals surface area contributed by atoms with Gasteiger partial charge in [-0.2, -0.15) is 8.78 Å². The lowest BCUT2D eigenvalue weighted by Gasteiger charge is -2.22. The fourth-order valence-electron chi connectivity index (χ4n) is 3.03. The normalized spacial score (nSPS) is 18.6. The zero-order valence-electron chi connectivity index (χ0n) is 12.4. The highest BCUT2D eigenvalue weighted by Crippen LogP contribution is 2.35. The Morgan fingerprint density at radius 1 is 1.00 bits per heavy atom. The van der Waals surface area contributed by atoms with E-state index in [1.807, 2.05) is 35.2 Å². The van der Waals surface area contributed by atoms with Crippen LogP contribution in [0, 0.1) is 0 Å². The van der Waals surface area contributed by atoms with Crippen molar-refractivity contribution in [2.75, 3.05) is 18.0 Å². The summed E-state index contributed by atoms with van der Waals surface area (Å²) in [4.78, 5) is 1.59. The molecule has 1 heterocycles. The van der Waals surface area contributed by atoms with Gasteiger partial charge < -0.3 is 4.90 Å². The van der Waals surface area contributed by atoms with Gasteiger partial charge in [-0.1, -0.05) is 42.5 Å². The third-order valence-electron chi connectivity index (χ3n) is 4.21. The van der Waals surface area contributed by atoms with E-state index < -0.39 is 15.6 Å². The van der Waals surface area contributed by atoms with Crippen molar-refractivity contribution in [2.24, 2.45) is 0 Å². The molecule has 0 amide bonds. The van der Waals surface area contributed by atoms with E-state index in [0.717, 1.165) is 6.42 Å². The van der Waals surface area contributed by atoms with E-state index in [4.69, 9.17) is 0 Å². The van der Waals surface area contributed by atoms with E-state index in [2.05, 4.69) is 0 Å². The standard InChI is InChI=1S/C17H17F2NO2S/c18-17(19)23(21,22)16-9-5-4-8-15(16)20-11-10-14(12-20)13-6-2-1-3-7-13/h1-9,14,17H,10-12H2. The lowest BCUT2D eigenvalue weighted by molar-refractivity contribution is 0.235. The smallest absolute Gasteiger partial charge is 0.341 e. The Morgan fingerprint density at radius 3 is 2.35 bits per heavy atom. The number of hydrogen-bond donors (Lipinski definition) is 0. The molecule has 1 saturated heterocycles. The molecular weight excluding hydrogens is 320 g/mol. The molecule has 3 nitrogen and oxygen atoms in total. The van der Waals surface area contributed by atoms with Gasteiger partial charge in [0.2, 0.25) is 9.84 Å². The zero-order valence-corrected chi connectivity index (χ0v) is 13.2. The average Bonchev–Trinajstić information content (AvgIpc) is 3.05. The van der Waals surface area contributed by atoms with E-state index in [-0.39, 0.29) is 10.8 Å². The van der Waals surface area contributed by atoms with Gasteiger partial charge >= 0.3 is 5.76 Å². The Morgan fingerprint density at radius 2 is 1.65 bits per heavy atom. The van der Waals surface area contributed by atoms with Crippen molar-refractivity contribution in [1.29, 1.82) is 0 Å². The van der Waals surface area contributed by atoms with Crippen molar-refractivity contribution in [3.8, 4) is 0 Å². The summed E-state index contributed by atoms with van der Waals surface area (Å²) in [7, 11) is -4.60. The summed E-state index contributed by atoms with van der Waals surface area (Å²) in [5.41, 5.74) is 1.55. The fraction of sp³-hybridized carbons (Fsp3) is 0.294. The van der Waals surface area contributed by atoms with Crippen LogP contribution in [0.2, 0.25) is 0 Å². The summed E-state index contributed by atoms with van der Waals surface area (Å²) in [5, 5.41) is 0. The maximum absolute atomic E-state index is 12.9. The molecule has 1 unspecified atom stereocenters. The topological polar surface area (TPSA) is 37.4 Å². The predicted octanol–water partition coefficient (Wildman–Crippen LogP) is 3.68. The first-order valence-corrected chi connectivity index (χ1v) is 8.96. The summed E-state index contributed by atoms with van der Waals surface area (Å²) in [6.45, 7) is 1.27. The van der Waals surface area contributed by atoms with Gasteiger partial charge in [0.15, 0.2) is 0 Å². The van der Waals surface area contributed by atoms with Crippen LogP contribution in [0.1, 0.15) is 17.9 Å². The Balaban J connectivity index is 1.90. The van der Waals surface area contributed by atoms with Crippen LogP contribution >= 0.6 is 0 Å². The molecule has 0 bridgehead atoms. The molecule has 3 rings (SSSR count). The number of sulfone groups is 1. The Kier molecular flexibility index (Phi) is 4.35. The first-order valence-electron chi connectivity index (χ1n) is 7.41. The van der Waals surface area contributed by atoms with Crippen LogP contribution in [0.15, 0.2) is 59.5 Å². The van der Waals surface area contributed by atoms with Crippen LogP contribution in [0.3, 0.4) is 0 Å². The van der Waals surface area contributed by atoms with E-state index in [9.17, 15) is 17.2 Å². The molecule has 0 spiro atoms. The third kappa shape index (κ3) is 3.08. The fourth-order valence-corrected chi connectivity index (χ4v) is 3.98. The summed E-state index contributed by atoms with van der Waals surface area (Å²) in [6, 6.07) is 16.0. The number of rotatable bonds is 4. The molecule has 1 atom stereocenters. The predicted molar refractivity (Wildman–Crippen MR) is 85.6 cm³/mol. The lowest BCUT2D eigenvalue weighted by Crippen LogP contribution is -2.23. The summed E-state index contributed by atoms with van der Waals surface area (Å²) >= 11 is 0. The van der Waals surface area contributed by atoms with Crippen LogP contribution in [-0.2, 0) is 9.84 Å². The minimum atomic E-state index is -4.60. The minimum Gasteiger partial charge on any atom is -0.370 e. The number of nitrogens with zero attached hydrogens (tertiary/aromatic N) is 1. The first-order chi connectivity index (χ1) is 11.0. The van der Waals surface area contributed by atoms with Crippen molar-refractivity contribution in [3.05, 3.63) is 60.2 Å². The number of anilines is 1. The summed E-state index contributed by atoms with van der Waals surface area (Å²) < 4.78 is 49.6. The number of alkyl halides is 2. The van der Waals surface area contributed by atoms with Gasteiger partial charge in [0.1, 0.15) is 0 Å². The third-order valence-corrected chi connectivity index (χ3v) is 5.63. The maximum Gasteiger partial charge on any atom is 0.341 e. The average molecular weight is 337 g/mol. The van der Waals surface area contributed by atoms with Crippen molar-refractivity contribution >= 4 is 15.5 Å². The molecule has 122 valence electrons. The van der Waals surface area contributed by atoms with Crippen LogP contribution < -0.4 is 4.90 Å². The zero-order chi connectivity index (χ0) is 16.4. The van der Waals surface area contributed by atoms with Crippen molar-refractivity contribution in [1.82, 2.24) is 0 Å². The van der Waals surface area contributed by atoms with Crippen LogP contribution in [0.5, 0.6) is 0 Å². The van der Waals surface area contributed by atoms with Crippen molar-refractivity contribution < 1.29 is 17.2 Å². The highest BCUT2D eigenvalue weighted by Gasteiger charge is 2.32. The lowest BCUT2D eigenvalue weighted by atomic mass is 9.99. The molecule has 0 aromatic heterocycles.